The van der Waals surface area contributed by atoms with Gasteiger partial charge < -0.3 is 14.3 Å². The number of fused-ring (bicyclic) bond motifs is 1. The number of nitrogens with one attached hydrogen (secondary N) is 1. The number of amides is 1. The van der Waals surface area contributed by atoms with Crippen molar-refractivity contribution in [2.24, 2.45) is 0 Å². The van der Waals surface area contributed by atoms with E-state index in [-0.39, 0.29) is 11.7 Å². The first-order chi connectivity index (χ1) is 13.1. The lowest BCUT2D eigenvalue weighted by molar-refractivity contribution is 0.100. The summed E-state index contributed by atoms with van der Waals surface area (Å²) in [7, 11) is 0. The Kier molecular flexibility index (Phi) is 4.34. The van der Waals surface area contributed by atoms with Crippen molar-refractivity contribution in [2.75, 3.05) is 5.32 Å². The molecule has 5 heteroatoms. The third-order valence-electron chi connectivity index (χ3n) is 4.47. The second-order valence-electron chi connectivity index (χ2n) is 6.36. The monoisotopic (exact) mass is 358 g/mol. The molecule has 2 heterocycles. The minimum Gasteiger partial charge on any atom is -0.463 e. The Labute approximate surface area is 156 Å². The van der Waals surface area contributed by atoms with Gasteiger partial charge in [0.2, 0.25) is 0 Å². The first kappa shape index (κ1) is 16.8. The summed E-state index contributed by atoms with van der Waals surface area (Å²) < 4.78 is 7.41. The number of Topliss-reactive ketones (excluding diaryl/α,β-unsaturated/α-hetero) is 1. The number of carbonyl (C=O) groups excluding carboxylic acids is 2. The number of hydrogen-bond acceptors (Lipinski definition) is 3. The summed E-state index contributed by atoms with van der Waals surface area (Å²) >= 11 is 0. The lowest BCUT2D eigenvalue weighted by Crippen LogP contribution is -2.17. The van der Waals surface area contributed by atoms with Crippen LogP contribution in [0.4, 0.5) is 5.69 Å². The van der Waals surface area contributed by atoms with Crippen LogP contribution in [-0.4, -0.2) is 16.3 Å². The molecule has 0 saturated carbocycles. The SMILES string of the molecule is CC(=O)c1cccc(NC(=O)c2cc3occc3n2Cc2ccccc2)c1. The zero-order chi connectivity index (χ0) is 18.8. The normalized spacial score (nSPS) is 10.9. The van der Waals surface area contributed by atoms with Gasteiger partial charge in [0.15, 0.2) is 11.4 Å². The van der Waals surface area contributed by atoms with Crippen LogP contribution >= 0.6 is 0 Å². The van der Waals surface area contributed by atoms with Crippen LogP contribution in [0, 0.1) is 0 Å². The summed E-state index contributed by atoms with van der Waals surface area (Å²) in [6.07, 6.45) is 1.62. The van der Waals surface area contributed by atoms with Crippen LogP contribution in [0.3, 0.4) is 0 Å². The van der Waals surface area contributed by atoms with E-state index in [2.05, 4.69) is 5.32 Å². The van der Waals surface area contributed by atoms with E-state index in [0.717, 1.165) is 11.1 Å². The Balaban J connectivity index is 1.67. The summed E-state index contributed by atoms with van der Waals surface area (Å²) in [6, 6.07) is 20.4. The van der Waals surface area contributed by atoms with E-state index in [1.807, 2.05) is 41.0 Å². The molecule has 1 N–H and O–H groups in total. The smallest absolute Gasteiger partial charge is 0.272 e. The van der Waals surface area contributed by atoms with E-state index < -0.39 is 0 Å². The van der Waals surface area contributed by atoms with Crippen molar-refractivity contribution in [3.8, 4) is 0 Å². The van der Waals surface area contributed by atoms with Gasteiger partial charge in [0.25, 0.3) is 5.91 Å². The van der Waals surface area contributed by atoms with E-state index in [4.69, 9.17) is 4.42 Å². The molecule has 0 radical (unpaired) electrons. The van der Waals surface area contributed by atoms with E-state index in [9.17, 15) is 9.59 Å². The summed E-state index contributed by atoms with van der Waals surface area (Å²) in [5.41, 5.74) is 4.25. The summed E-state index contributed by atoms with van der Waals surface area (Å²) in [6.45, 7) is 2.06. The third kappa shape index (κ3) is 3.40. The number of furan rings is 1. The van der Waals surface area contributed by atoms with Crippen LogP contribution in [0.2, 0.25) is 0 Å². The highest BCUT2D eigenvalue weighted by molar-refractivity contribution is 6.06. The maximum Gasteiger partial charge on any atom is 0.272 e. The standard InChI is InChI=1S/C22H18N2O3/c1-15(25)17-8-5-9-18(12-17)23-22(26)20-13-21-19(10-11-27-21)24(20)14-16-6-3-2-4-7-16/h2-13H,14H2,1H3,(H,23,26). The molecule has 0 aliphatic heterocycles. The Morgan fingerprint density at radius 3 is 2.59 bits per heavy atom. The van der Waals surface area contributed by atoms with Crippen LogP contribution in [0.15, 0.2) is 77.4 Å². The fourth-order valence-corrected chi connectivity index (χ4v) is 3.11. The van der Waals surface area contributed by atoms with Crippen molar-refractivity contribution in [2.45, 2.75) is 13.5 Å². The zero-order valence-corrected chi connectivity index (χ0v) is 14.8. The van der Waals surface area contributed by atoms with Gasteiger partial charge in [0.05, 0.1) is 11.8 Å². The van der Waals surface area contributed by atoms with E-state index in [0.29, 0.717) is 29.1 Å². The van der Waals surface area contributed by atoms with Crippen molar-refractivity contribution in [3.63, 3.8) is 0 Å². The number of carbonyl (C=O) groups is 2. The Morgan fingerprint density at radius 2 is 1.81 bits per heavy atom. The molecule has 0 aliphatic rings. The third-order valence-corrected chi connectivity index (χ3v) is 4.47. The quantitative estimate of drug-likeness (QED) is 0.524. The van der Waals surface area contributed by atoms with Gasteiger partial charge in [-0.15, -0.1) is 0 Å². The number of anilines is 1. The predicted octanol–water partition coefficient (Wildman–Crippen LogP) is 4.74. The van der Waals surface area contributed by atoms with Gasteiger partial charge in [-0.2, -0.15) is 0 Å². The highest BCUT2D eigenvalue weighted by Crippen LogP contribution is 2.23. The molecule has 0 aliphatic carbocycles. The molecule has 5 nitrogen and oxygen atoms in total. The van der Waals surface area contributed by atoms with Crippen LogP contribution in [0.1, 0.15) is 33.3 Å². The lowest BCUT2D eigenvalue weighted by atomic mass is 10.1. The van der Waals surface area contributed by atoms with Gasteiger partial charge in [-0.1, -0.05) is 42.5 Å². The number of ketones is 1. The van der Waals surface area contributed by atoms with E-state index in [1.54, 1.807) is 36.6 Å². The topological polar surface area (TPSA) is 64.2 Å². The van der Waals surface area contributed by atoms with Crippen molar-refractivity contribution >= 4 is 28.5 Å². The molecule has 0 spiro atoms. The maximum atomic E-state index is 12.9. The van der Waals surface area contributed by atoms with Crippen molar-refractivity contribution in [1.82, 2.24) is 4.57 Å². The van der Waals surface area contributed by atoms with Crippen LogP contribution in [-0.2, 0) is 6.54 Å². The number of benzene rings is 2. The van der Waals surface area contributed by atoms with Gasteiger partial charge >= 0.3 is 0 Å². The molecule has 2 aromatic carbocycles. The maximum absolute atomic E-state index is 12.9. The number of aromatic nitrogens is 1. The highest BCUT2D eigenvalue weighted by Gasteiger charge is 2.18. The first-order valence-corrected chi connectivity index (χ1v) is 8.65. The van der Waals surface area contributed by atoms with Crippen LogP contribution in [0.5, 0.6) is 0 Å². The predicted molar refractivity (Wildman–Crippen MR) is 104 cm³/mol. The molecule has 1 amide bonds. The fraction of sp³-hybridized carbons (Fsp3) is 0.0909. The molecule has 0 bridgehead atoms. The second kappa shape index (κ2) is 6.96. The zero-order valence-electron chi connectivity index (χ0n) is 14.8. The average molecular weight is 358 g/mol. The van der Waals surface area contributed by atoms with Crippen molar-refractivity contribution < 1.29 is 14.0 Å². The second-order valence-corrected chi connectivity index (χ2v) is 6.36. The molecule has 0 fully saturated rings. The lowest BCUT2D eigenvalue weighted by Gasteiger charge is -2.11. The van der Waals surface area contributed by atoms with E-state index in [1.165, 1.54) is 6.92 Å². The van der Waals surface area contributed by atoms with Gasteiger partial charge in [-0.05, 0) is 24.6 Å². The molecular weight excluding hydrogens is 340 g/mol. The number of rotatable bonds is 5. The molecule has 0 atom stereocenters. The van der Waals surface area contributed by atoms with Gasteiger partial charge in [-0.3, -0.25) is 9.59 Å². The molecule has 27 heavy (non-hydrogen) atoms. The largest absolute Gasteiger partial charge is 0.463 e. The minimum absolute atomic E-state index is 0.0453. The number of hydrogen-bond donors (Lipinski definition) is 1. The summed E-state index contributed by atoms with van der Waals surface area (Å²) in [4.78, 5) is 24.5. The first-order valence-electron chi connectivity index (χ1n) is 8.65. The molecule has 0 unspecified atom stereocenters. The summed E-state index contributed by atoms with van der Waals surface area (Å²) in [5, 5.41) is 2.88. The van der Waals surface area contributed by atoms with Crippen LogP contribution < -0.4 is 5.32 Å². The fourth-order valence-electron chi connectivity index (χ4n) is 3.11. The van der Waals surface area contributed by atoms with Crippen LogP contribution in [0.25, 0.3) is 11.1 Å². The Hall–Kier alpha value is -3.60. The van der Waals surface area contributed by atoms with Crippen molar-refractivity contribution in [1.29, 1.82) is 0 Å². The molecule has 2 aromatic heterocycles. The van der Waals surface area contributed by atoms with E-state index >= 15 is 0 Å². The van der Waals surface area contributed by atoms with Gasteiger partial charge in [0, 0.05) is 29.9 Å². The minimum atomic E-state index is -0.252. The molecule has 134 valence electrons. The highest BCUT2D eigenvalue weighted by atomic mass is 16.3. The molecule has 0 saturated heterocycles. The van der Waals surface area contributed by atoms with Gasteiger partial charge in [-0.25, -0.2) is 0 Å². The Morgan fingerprint density at radius 1 is 1.00 bits per heavy atom. The van der Waals surface area contributed by atoms with Gasteiger partial charge in [0.1, 0.15) is 5.69 Å². The number of nitrogens with zero attached hydrogens (tertiary/aromatic N) is 1. The Bertz CT molecular complexity index is 1120. The summed E-state index contributed by atoms with van der Waals surface area (Å²) in [5.74, 6) is -0.297. The molecule has 4 aromatic rings. The molecule has 4 rings (SSSR count). The molecular formula is C22H18N2O3. The average Bonchev–Trinajstić information content (AvgIpc) is 3.25. The van der Waals surface area contributed by atoms with Crippen molar-refractivity contribution in [3.05, 3.63) is 89.8 Å².